The Bertz CT molecular complexity index is 606. The minimum atomic E-state index is -0.0216. The Hall–Kier alpha value is -1.54. The maximum absolute atomic E-state index is 6.03. The first-order chi connectivity index (χ1) is 8.74. The largest absolute Gasteiger partial charge is 0.390 e. The van der Waals surface area contributed by atoms with Crippen LogP contribution in [0.4, 0.5) is 0 Å². The van der Waals surface area contributed by atoms with E-state index in [0.29, 0.717) is 0 Å². The lowest BCUT2D eigenvalue weighted by Crippen LogP contribution is -2.18. The summed E-state index contributed by atoms with van der Waals surface area (Å²) in [7, 11) is 0. The first kappa shape index (κ1) is 11.5. The zero-order valence-electron chi connectivity index (χ0n) is 10.1. The van der Waals surface area contributed by atoms with E-state index in [4.69, 9.17) is 16.4 Å². The maximum atomic E-state index is 6.03. The van der Waals surface area contributed by atoms with Crippen LogP contribution in [-0.2, 0) is 4.84 Å². The van der Waals surface area contributed by atoms with Crippen LogP contribution in [0, 0.1) is 0 Å². The fourth-order valence-electron chi connectivity index (χ4n) is 2.18. The molecule has 0 aliphatic carbocycles. The smallest absolute Gasteiger partial charge is 0.149 e. The highest BCUT2D eigenvalue weighted by atomic mass is 35.5. The van der Waals surface area contributed by atoms with Crippen LogP contribution in [0.5, 0.6) is 0 Å². The van der Waals surface area contributed by atoms with Gasteiger partial charge in [-0.2, -0.15) is 0 Å². The molecule has 0 fully saturated rings. The highest BCUT2D eigenvalue weighted by Gasteiger charge is 2.26. The number of alkyl halides is 1. The van der Waals surface area contributed by atoms with Crippen molar-refractivity contribution in [2.45, 2.75) is 24.8 Å². The molecule has 1 aliphatic heterocycles. The van der Waals surface area contributed by atoms with E-state index < -0.39 is 0 Å². The van der Waals surface area contributed by atoms with Gasteiger partial charge in [-0.3, -0.25) is 0 Å². The molecule has 0 amide bonds. The first-order valence-electron chi connectivity index (χ1n) is 6.10. The van der Waals surface area contributed by atoms with Gasteiger partial charge in [0.25, 0.3) is 0 Å². The van der Waals surface area contributed by atoms with Crippen LogP contribution < -0.4 is 0 Å². The van der Waals surface area contributed by atoms with Gasteiger partial charge in [-0.05, 0) is 23.8 Å². The normalized spacial score (nSPS) is 20.6. The molecule has 0 spiro atoms. The molecule has 3 heteroatoms. The number of nitrogens with zero attached hydrogens (tertiary/aromatic N) is 1. The first-order valence-corrected chi connectivity index (χ1v) is 6.53. The lowest BCUT2D eigenvalue weighted by Gasteiger charge is -2.09. The van der Waals surface area contributed by atoms with E-state index in [1.54, 1.807) is 0 Å². The van der Waals surface area contributed by atoms with E-state index in [9.17, 15) is 0 Å². The van der Waals surface area contributed by atoms with E-state index >= 15 is 0 Å². The molecule has 0 bridgehead atoms. The number of benzene rings is 2. The number of hydrogen-bond donors (Lipinski definition) is 0. The summed E-state index contributed by atoms with van der Waals surface area (Å²) in [5.74, 6) is 0. The van der Waals surface area contributed by atoms with Crippen molar-refractivity contribution in [2.75, 3.05) is 0 Å². The summed E-state index contributed by atoms with van der Waals surface area (Å²) in [6.07, 6.45) is 0.774. The van der Waals surface area contributed by atoms with Crippen LogP contribution in [0.3, 0.4) is 0 Å². The summed E-state index contributed by atoms with van der Waals surface area (Å²) in [6, 6.07) is 14.7. The Morgan fingerprint density at radius 1 is 1.22 bits per heavy atom. The molecule has 0 saturated carbocycles. The molecule has 92 valence electrons. The van der Waals surface area contributed by atoms with E-state index in [-0.39, 0.29) is 11.5 Å². The van der Waals surface area contributed by atoms with Crippen molar-refractivity contribution < 1.29 is 4.84 Å². The van der Waals surface area contributed by atoms with Crippen LogP contribution in [0.1, 0.15) is 18.9 Å². The van der Waals surface area contributed by atoms with Crippen LogP contribution in [-0.4, -0.2) is 17.2 Å². The molecule has 0 saturated heterocycles. The van der Waals surface area contributed by atoms with E-state index in [1.165, 1.54) is 10.8 Å². The van der Waals surface area contributed by atoms with Gasteiger partial charge in [0.15, 0.2) is 0 Å². The molecule has 0 N–H and O–H groups in total. The van der Waals surface area contributed by atoms with Crippen LogP contribution in [0.25, 0.3) is 10.8 Å². The molecule has 2 aromatic rings. The average Bonchev–Trinajstić information content (AvgIpc) is 2.88. The van der Waals surface area contributed by atoms with Crippen molar-refractivity contribution in [3.05, 3.63) is 48.0 Å². The Labute approximate surface area is 111 Å². The molecular weight excluding hydrogens is 246 g/mol. The van der Waals surface area contributed by atoms with Gasteiger partial charge in [0.2, 0.25) is 0 Å². The predicted octanol–water partition coefficient (Wildman–Crippen LogP) is 3.96. The molecule has 2 atom stereocenters. The van der Waals surface area contributed by atoms with E-state index in [1.807, 2.05) is 19.1 Å². The zero-order chi connectivity index (χ0) is 12.5. The number of fused-ring (bicyclic) bond motifs is 1. The van der Waals surface area contributed by atoms with Crippen molar-refractivity contribution >= 4 is 28.1 Å². The third-order valence-corrected chi connectivity index (χ3v) is 3.57. The second-order valence-electron chi connectivity index (χ2n) is 4.63. The number of hydrogen-bond acceptors (Lipinski definition) is 2. The maximum Gasteiger partial charge on any atom is 0.149 e. The van der Waals surface area contributed by atoms with Gasteiger partial charge in [-0.25, -0.2) is 0 Å². The molecule has 3 rings (SSSR count). The Balaban J connectivity index is 1.92. The van der Waals surface area contributed by atoms with Crippen molar-refractivity contribution in [3.63, 3.8) is 0 Å². The second-order valence-corrected chi connectivity index (χ2v) is 5.31. The fourth-order valence-corrected chi connectivity index (χ4v) is 2.32. The molecule has 18 heavy (non-hydrogen) atoms. The Morgan fingerprint density at radius 2 is 2.00 bits per heavy atom. The van der Waals surface area contributed by atoms with Gasteiger partial charge >= 0.3 is 0 Å². The number of rotatable bonds is 2. The molecule has 0 aromatic heterocycles. The summed E-state index contributed by atoms with van der Waals surface area (Å²) < 4.78 is 0. The third kappa shape index (κ3) is 2.08. The lowest BCUT2D eigenvalue weighted by molar-refractivity contribution is 0.0855. The van der Waals surface area contributed by atoms with Gasteiger partial charge in [0.05, 0.1) is 11.1 Å². The van der Waals surface area contributed by atoms with Crippen molar-refractivity contribution in [1.29, 1.82) is 0 Å². The molecule has 2 unspecified atom stereocenters. The van der Waals surface area contributed by atoms with Crippen LogP contribution in [0.2, 0.25) is 0 Å². The minimum absolute atomic E-state index is 0.00635. The number of oxime groups is 1. The number of halogens is 1. The predicted molar refractivity (Wildman–Crippen MR) is 75.3 cm³/mol. The SMILES string of the molecule is CC(Cl)C1CC(c2ccc3ccccc3c2)=NO1. The van der Waals surface area contributed by atoms with E-state index in [0.717, 1.165) is 17.7 Å². The summed E-state index contributed by atoms with van der Waals surface area (Å²) in [5.41, 5.74) is 2.10. The van der Waals surface area contributed by atoms with Gasteiger partial charge in [-0.1, -0.05) is 41.6 Å². The van der Waals surface area contributed by atoms with E-state index in [2.05, 4.69) is 35.5 Å². The zero-order valence-corrected chi connectivity index (χ0v) is 10.9. The summed E-state index contributed by atoms with van der Waals surface area (Å²) in [4.78, 5) is 5.35. The minimum Gasteiger partial charge on any atom is -0.390 e. The molecule has 0 radical (unpaired) electrons. The molecule has 2 nitrogen and oxygen atoms in total. The standard InChI is InChI=1S/C15H14ClNO/c1-10(16)15-9-14(17-18-15)13-7-6-11-4-2-3-5-12(11)8-13/h2-8,10,15H,9H2,1H3. The van der Waals surface area contributed by atoms with Crippen LogP contribution in [0.15, 0.2) is 47.6 Å². The lowest BCUT2D eigenvalue weighted by atomic mass is 10.0. The molecule has 2 aromatic carbocycles. The third-order valence-electron chi connectivity index (χ3n) is 3.29. The topological polar surface area (TPSA) is 21.6 Å². The van der Waals surface area contributed by atoms with Crippen molar-refractivity contribution in [3.8, 4) is 0 Å². The average molecular weight is 260 g/mol. The molecule has 1 heterocycles. The quantitative estimate of drug-likeness (QED) is 0.748. The Kier molecular flexibility index (Phi) is 2.96. The Morgan fingerprint density at radius 3 is 2.72 bits per heavy atom. The van der Waals surface area contributed by atoms with Gasteiger partial charge in [0, 0.05) is 12.0 Å². The van der Waals surface area contributed by atoms with Gasteiger partial charge in [0.1, 0.15) is 6.10 Å². The van der Waals surface area contributed by atoms with Crippen LogP contribution >= 0.6 is 11.6 Å². The molecular formula is C15H14ClNO. The summed E-state index contributed by atoms with van der Waals surface area (Å²) >= 11 is 6.03. The monoisotopic (exact) mass is 259 g/mol. The van der Waals surface area contributed by atoms with Crippen molar-refractivity contribution in [2.24, 2.45) is 5.16 Å². The highest BCUT2D eigenvalue weighted by Crippen LogP contribution is 2.23. The van der Waals surface area contributed by atoms with Gasteiger partial charge in [-0.15, -0.1) is 11.6 Å². The van der Waals surface area contributed by atoms with Gasteiger partial charge < -0.3 is 4.84 Å². The summed E-state index contributed by atoms with van der Waals surface area (Å²) in [6.45, 7) is 1.94. The van der Waals surface area contributed by atoms with Crippen molar-refractivity contribution in [1.82, 2.24) is 0 Å². The second kappa shape index (κ2) is 4.62. The summed E-state index contributed by atoms with van der Waals surface area (Å²) in [5, 5.41) is 6.59. The fraction of sp³-hybridized carbons (Fsp3) is 0.267. The molecule has 1 aliphatic rings. The highest BCUT2D eigenvalue weighted by molar-refractivity contribution is 6.21.